The van der Waals surface area contributed by atoms with Crippen LogP contribution >= 0.6 is 23.2 Å². The Labute approximate surface area is 114 Å². The van der Waals surface area contributed by atoms with Crippen molar-refractivity contribution in [3.05, 3.63) is 40.7 Å². The number of aryl methyl sites for hydroxylation is 1. The fourth-order valence-corrected chi connectivity index (χ4v) is 1.71. The minimum atomic E-state index is 0.0270. The molecular formula is C11H10Cl2N4O. The van der Waals surface area contributed by atoms with E-state index in [2.05, 4.69) is 19.9 Å². The highest BCUT2D eigenvalue weighted by molar-refractivity contribution is 6.31. The molecule has 0 aliphatic rings. The summed E-state index contributed by atoms with van der Waals surface area (Å²) in [5, 5.41) is 0.0540. The maximum Gasteiger partial charge on any atom is 0.322 e. The summed E-state index contributed by atoms with van der Waals surface area (Å²) in [6.45, 7) is 0.485. The van der Waals surface area contributed by atoms with Crippen LogP contribution in [0.15, 0.2) is 24.5 Å². The maximum absolute atomic E-state index is 5.63. The molecule has 0 fully saturated rings. The molecule has 0 saturated carbocycles. The van der Waals surface area contributed by atoms with Crippen LogP contribution in [0.25, 0.3) is 0 Å². The van der Waals surface area contributed by atoms with Gasteiger partial charge < -0.3 is 4.74 Å². The highest BCUT2D eigenvalue weighted by Crippen LogP contribution is 2.11. The van der Waals surface area contributed by atoms with E-state index in [9.17, 15) is 0 Å². The Balaban J connectivity index is 1.78. The summed E-state index contributed by atoms with van der Waals surface area (Å²) < 4.78 is 5.34. The molecule has 5 nitrogen and oxygen atoms in total. The second-order valence-electron chi connectivity index (χ2n) is 3.46. The highest BCUT2D eigenvalue weighted by atomic mass is 35.5. The number of nitrogens with zero attached hydrogens (tertiary/aromatic N) is 4. The molecule has 0 bridgehead atoms. The monoisotopic (exact) mass is 284 g/mol. The molecule has 2 aromatic rings. The van der Waals surface area contributed by atoms with E-state index in [4.69, 9.17) is 27.9 Å². The van der Waals surface area contributed by atoms with Crippen molar-refractivity contribution in [2.24, 2.45) is 0 Å². The molecule has 2 aromatic heterocycles. The molecule has 2 rings (SSSR count). The lowest BCUT2D eigenvalue weighted by atomic mass is 10.1. The van der Waals surface area contributed by atoms with Crippen LogP contribution in [0.1, 0.15) is 12.0 Å². The van der Waals surface area contributed by atoms with E-state index < -0.39 is 0 Å². The van der Waals surface area contributed by atoms with Crippen molar-refractivity contribution in [2.75, 3.05) is 6.61 Å². The fraction of sp³-hybridized carbons (Fsp3) is 0.273. The lowest BCUT2D eigenvalue weighted by Crippen LogP contribution is -2.03. The normalized spacial score (nSPS) is 10.3. The fourth-order valence-electron chi connectivity index (χ4n) is 1.36. The third-order valence-corrected chi connectivity index (χ3v) is 2.49. The molecule has 0 unspecified atom stereocenters. The van der Waals surface area contributed by atoms with E-state index in [1.807, 2.05) is 12.1 Å². The average molecular weight is 285 g/mol. The predicted octanol–water partition coefficient (Wildman–Crippen LogP) is 2.58. The summed E-state index contributed by atoms with van der Waals surface area (Å²) in [5.41, 5.74) is 1.21. The maximum atomic E-state index is 5.63. The van der Waals surface area contributed by atoms with Gasteiger partial charge in [-0.1, -0.05) is 0 Å². The van der Waals surface area contributed by atoms with Gasteiger partial charge >= 0.3 is 6.01 Å². The van der Waals surface area contributed by atoms with Gasteiger partial charge in [0, 0.05) is 12.4 Å². The molecule has 0 aliphatic carbocycles. The molecule has 0 spiro atoms. The van der Waals surface area contributed by atoms with E-state index in [0.717, 1.165) is 12.8 Å². The van der Waals surface area contributed by atoms with Crippen molar-refractivity contribution in [1.29, 1.82) is 0 Å². The van der Waals surface area contributed by atoms with Crippen molar-refractivity contribution >= 4 is 23.2 Å². The molecule has 18 heavy (non-hydrogen) atoms. The first kappa shape index (κ1) is 13.0. The summed E-state index contributed by atoms with van der Waals surface area (Å²) in [6.07, 6.45) is 5.27. The number of rotatable bonds is 5. The smallest absolute Gasteiger partial charge is 0.322 e. The lowest BCUT2D eigenvalue weighted by molar-refractivity contribution is 0.285. The van der Waals surface area contributed by atoms with Crippen LogP contribution in [0, 0.1) is 0 Å². The zero-order chi connectivity index (χ0) is 12.8. The molecule has 0 aliphatic heterocycles. The van der Waals surface area contributed by atoms with Gasteiger partial charge in [0.2, 0.25) is 10.6 Å². The van der Waals surface area contributed by atoms with Crippen LogP contribution in [0.2, 0.25) is 10.6 Å². The Bertz CT molecular complexity index is 489. The van der Waals surface area contributed by atoms with Gasteiger partial charge in [0.05, 0.1) is 6.61 Å². The second kappa shape index (κ2) is 6.47. The molecule has 0 atom stereocenters. The van der Waals surface area contributed by atoms with Crippen LogP contribution in [0.3, 0.4) is 0 Å². The molecule has 0 saturated heterocycles. The molecule has 7 heteroatoms. The number of hydrogen-bond donors (Lipinski definition) is 0. The van der Waals surface area contributed by atoms with Gasteiger partial charge in [-0.25, -0.2) is 0 Å². The first-order valence-electron chi connectivity index (χ1n) is 5.33. The number of ether oxygens (including phenoxy) is 1. The Hall–Kier alpha value is -1.46. The van der Waals surface area contributed by atoms with E-state index >= 15 is 0 Å². The van der Waals surface area contributed by atoms with Gasteiger partial charge in [-0.2, -0.15) is 15.0 Å². The van der Waals surface area contributed by atoms with Crippen molar-refractivity contribution in [1.82, 2.24) is 19.9 Å². The molecule has 0 aromatic carbocycles. The molecular weight excluding hydrogens is 275 g/mol. The number of pyridine rings is 1. The van der Waals surface area contributed by atoms with E-state index in [1.54, 1.807) is 12.4 Å². The summed E-state index contributed by atoms with van der Waals surface area (Å²) in [6, 6.07) is 4.09. The largest absolute Gasteiger partial charge is 0.463 e. The van der Waals surface area contributed by atoms with E-state index in [-0.39, 0.29) is 16.6 Å². The number of hydrogen-bond acceptors (Lipinski definition) is 5. The summed E-state index contributed by atoms with van der Waals surface area (Å²) in [4.78, 5) is 15.2. The first-order chi connectivity index (χ1) is 8.74. The summed E-state index contributed by atoms with van der Waals surface area (Å²) in [5.74, 6) is 0. The topological polar surface area (TPSA) is 60.8 Å². The molecule has 2 heterocycles. The standard InChI is InChI=1S/C11H10Cl2N4O/c12-9-15-10(13)17-11(16-9)18-7-1-2-8-3-5-14-6-4-8/h3-6H,1-2,7H2. The molecule has 0 amide bonds. The molecule has 94 valence electrons. The predicted molar refractivity (Wildman–Crippen MR) is 67.9 cm³/mol. The van der Waals surface area contributed by atoms with Crippen molar-refractivity contribution in [2.45, 2.75) is 12.8 Å². The van der Waals surface area contributed by atoms with Crippen molar-refractivity contribution < 1.29 is 4.74 Å². The number of halogens is 2. The Morgan fingerprint density at radius 3 is 2.33 bits per heavy atom. The van der Waals surface area contributed by atoms with Gasteiger partial charge in [-0.05, 0) is 53.7 Å². The third-order valence-electron chi connectivity index (χ3n) is 2.15. The van der Waals surface area contributed by atoms with E-state index in [1.165, 1.54) is 5.56 Å². The van der Waals surface area contributed by atoms with E-state index in [0.29, 0.717) is 6.61 Å². The van der Waals surface area contributed by atoms with Crippen LogP contribution < -0.4 is 4.74 Å². The second-order valence-corrected chi connectivity index (χ2v) is 4.14. The van der Waals surface area contributed by atoms with Crippen LogP contribution in [0.5, 0.6) is 6.01 Å². The SMILES string of the molecule is Clc1nc(Cl)nc(OCCCc2ccncc2)n1. The highest BCUT2D eigenvalue weighted by Gasteiger charge is 2.03. The minimum Gasteiger partial charge on any atom is -0.463 e. The van der Waals surface area contributed by atoms with Gasteiger partial charge in [0.15, 0.2) is 0 Å². The zero-order valence-corrected chi connectivity index (χ0v) is 10.9. The average Bonchev–Trinajstić information content (AvgIpc) is 2.35. The first-order valence-corrected chi connectivity index (χ1v) is 6.08. The Morgan fingerprint density at radius 1 is 1.00 bits per heavy atom. The summed E-state index contributed by atoms with van der Waals surface area (Å²) >= 11 is 11.3. The quantitative estimate of drug-likeness (QED) is 0.790. The minimum absolute atomic E-state index is 0.0270. The molecule has 0 radical (unpaired) electrons. The zero-order valence-electron chi connectivity index (χ0n) is 9.38. The Morgan fingerprint density at radius 2 is 1.67 bits per heavy atom. The van der Waals surface area contributed by atoms with Crippen LogP contribution in [0.4, 0.5) is 0 Å². The summed E-state index contributed by atoms with van der Waals surface area (Å²) in [7, 11) is 0. The van der Waals surface area contributed by atoms with Gasteiger partial charge in [-0.3, -0.25) is 4.98 Å². The van der Waals surface area contributed by atoms with Crippen molar-refractivity contribution in [3.63, 3.8) is 0 Å². The van der Waals surface area contributed by atoms with Crippen molar-refractivity contribution in [3.8, 4) is 6.01 Å². The van der Waals surface area contributed by atoms with Gasteiger partial charge in [0.25, 0.3) is 0 Å². The number of aromatic nitrogens is 4. The molecule has 0 N–H and O–H groups in total. The lowest BCUT2D eigenvalue weighted by Gasteiger charge is -2.04. The third kappa shape index (κ3) is 4.09. The van der Waals surface area contributed by atoms with Crippen LogP contribution in [-0.2, 0) is 6.42 Å². The Kier molecular flexibility index (Phi) is 4.66. The van der Waals surface area contributed by atoms with Gasteiger partial charge in [0.1, 0.15) is 0 Å². The van der Waals surface area contributed by atoms with Crippen LogP contribution in [-0.4, -0.2) is 26.5 Å². The van der Waals surface area contributed by atoms with Gasteiger partial charge in [-0.15, -0.1) is 0 Å².